The molecule has 0 heterocycles. The van der Waals surface area contributed by atoms with E-state index in [0.717, 1.165) is 5.56 Å². The van der Waals surface area contributed by atoms with Crippen molar-refractivity contribution in [3.8, 4) is 0 Å². The third kappa shape index (κ3) is 3.52. The zero-order valence-corrected chi connectivity index (χ0v) is 11.1. The summed E-state index contributed by atoms with van der Waals surface area (Å²) >= 11 is 3.22. The van der Waals surface area contributed by atoms with Gasteiger partial charge in [0.05, 0.1) is 18.0 Å². The Balaban J connectivity index is 3.08. The molecular weight excluding hydrogens is 290 g/mol. The van der Waals surface area contributed by atoms with Crippen LogP contribution in [-0.2, 0) is 16.0 Å². The molecule has 0 aliphatic carbocycles. The van der Waals surface area contributed by atoms with Crippen LogP contribution in [-0.4, -0.2) is 17.5 Å². The monoisotopic (exact) mass is 301 g/mol. The van der Waals surface area contributed by atoms with E-state index in [-0.39, 0.29) is 18.7 Å². The van der Waals surface area contributed by atoms with Crippen molar-refractivity contribution in [2.24, 2.45) is 0 Å². The summed E-state index contributed by atoms with van der Waals surface area (Å²) in [6.45, 7) is 3.77. The van der Waals surface area contributed by atoms with E-state index in [2.05, 4.69) is 15.9 Å². The lowest BCUT2D eigenvalue weighted by molar-refractivity contribution is -0.385. The molecule has 5 nitrogen and oxygen atoms in total. The Labute approximate surface area is 107 Å². The summed E-state index contributed by atoms with van der Waals surface area (Å²) in [5.74, 6) is -0.461. The third-order valence-electron chi connectivity index (χ3n) is 2.20. The minimum atomic E-state index is -0.501. The minimum absolute atomic E-state index is 0.0736. The molecule has 0 amide bonds. The highest BCUT2D eigenvalue weighted by molar-refractivity contribution is 9.10. The van der Waals surface area contributed by atoms with Crippen LogP contribution in [0.4, 0.5) is 5.69 Å². The largest absolute Gasteiger partial charge is 0.466 e. The molecule has 1 aromatic carbocycles. The van der Waals surface area contributed by atoms with Gasteiger partial charge in [-0.05, 0) is 25.5 Å². The molecule has 17 heavy (non-hydrogen) atoms. The van der Waals surface area contributed by atoms with E-state index in [9.17, 15) is 14.9 Å². The summed E-state index contributed by atoms with van der Waals surface area (Å²) in [4.78, 5) is 21.7. The molecular formula is C11H12BrNO4. The lowest BCUT2D eigenvalue weighted by Gasteiger charge is -2.06. The Morgan fingerprint density at radius 1 is 1.53 bits per heavy atom. The molecule has 0 aromatic heterocycles. The van der Waals surface area contributed by atoms with E-state index in [1.165, 1.54) is 6.07 Å². The predicted molar refractivity (Wildman–Crippen MR) is 65.9 cm³/mol. The van der Waals surface area contributed by atoms with Crippen molar-refractivity contribution in [2.45, 2.75) is 20.3 Å². The Hall–Kier alpha value is -1.43. The second kappa shape index (κ2) is 5.77. The third-order valence-corrected chi connectivity index (χ3v) is 3.05. The Morgan fingerprint density at radius 2 is 2.18 bits per heavy atom. The molecule has 0 fully saturated rings. The number of esters is 1. The molecule has 6 heteroatoms. The lowest BCUT2D eigenvalue weighted by atomic mass is 10.1. The van der Waals surface area contributed by atoms with Gasteiger partial charge in [0.25, 0.3) is 5.69 Å². The van der Waals surface area contributed by atoms with Gasteiger partial charge >= 0.3 is 5.97 Å². The molecule has 0 saturated carbocycles. The molecule has 0 unspecified atom stereocenters. The summed E-state index contributed by atoms with van der Waals surface area (Å²) in [6, 6.07) is 3.03. The maximum atomic E-state index is 11.3. The number of nitro groups is 1. The van der Waals surface area contributed by atoms with E-state index in [0.29, 0.717) is 10.0 Å². The van der Waals surface area contributed by atoms with Gasteiger partial charge in [-0.2, -0.15) is 0 Å². The Kier molecular flexibility index (Phi) is 4.62. The van der Waals surface area contributed by atoms with Gasteiger partial charge in [0, 0.05) is 16.1 Å². The first-order valence-electron chi connectivity index (χ1n) is 5.04. The van der Waals surface area contributed by atoms with Crippen molar-refractivity contribution in [1.29, 1.82) is 0 Å². The fourth-order valence-corrected chi connectivity index (χ4v) is 1.74. The van der Waals surface area contributed by atoms with Gasteiger partial charge in [-0.15, -0.1) is 0 Å². The number of carbonyl (C=O) groups excluding carboxylic acids is 1. The maximum absolute atomic E-state index is 11.3. The van der Waals surface area contributed by atoms with Crippen LogP contribution in [0.3, 0.4) is 0 Å². The normalized spacial score (nSPS) is 10.1. The summed E-state index contributed by atoms with van der Waals surface area (Å²) in [5, 5.41) is 10.9. The zero-order valence-electron chi connectivity index (χ0n) is 9.53. The summed E-state index contributed by atoms with van der Waals surface area (Å²) in [7, 11) is 0. The van der Waals surface area contributed by atoms with Gasteiger partial charge < -0.3 is 4.74 Å². The number of nitrogens with zero attached hydrogens (tertiary/aromatic N) is 1. The van der Waals surface area contributed by atoms with Crippen LogP contribution in [0.25, 0.3) is 0 Å². The SMILES string of the molecule is CCOC(=O)Cc1cc(C)c(Br)cc1[N+](=O)[O-]. The van der Waals surface area contributed by atoms with Crippen molar-refractivity contribution < 1.29 is 14.5 Å². The number of benzene rings is 1. The summed E-state index contributed by atoms with van der Waals surface area (Å²) in [5.41, 5.74) is 1.14. The fraction of sp³-hybridized carbons (Fsp3) is 0.364. The average Bonchev–Trinajstić information content (AvgIpc) is 2.23. The van der Waals surface area contributed by atoms with Crippen LogP contribution in [0.1, 0.15) is 18.1 Å². The van der Waals surface area contributed by atoms with E-state index in [4.69, 9.17) is 4.74 Å². The molecule has 0 radical (unpaired) electrons. The van der Waals surface area contributed by atoms with Gasteiger partial charge in [-0.1, -0.05) is 15.9 Å². The van der Waals surface area contributed by atoms with E-state index in [1.807, 2.05) is 6.92 Å². The average molecular weight is 302 g/mol. The van der Waals surface area contributed by atoms with E-state index in [1.54, 1.807) is 13.0 Å². The van der Waals surface area contributed by atoms with Crippen molar-refractivity contribution in [2.75, 3.05) is 6.61 Å². The standard InChI is InChI=1S/C11H12BrNO4/c1-3-17-11(14)5-8-4-7(2)9(12)6-10(8)13(15)16/h4,6H,3,5H2,1-2H3. The first kappa shape index (κ1) is 13.6. The maximum Gasteiger partial charge on any atom is 0.310 e. The lowest BCUT2D eigenvalue weighted by Crippen LogP contribution is -2.09. The highest BCUT2D eigenvalue weighted by Gasteiger charge is 2.18. The molecule has 0 aliphatic heterocycles. The molecule has 0 saturated heterocycles. The second-order valence-electron chi connectivity index (χ2n) is 3.47. The number of ether oxygens (including phenoxy) is 1. The number of hydrogen-bond donors (Lipinski definition) is 0. The van der Waals surface area contributed by atoms with Crippen LogP contribution in [0, 0.1) is 17.0 Å². The molecule has 1 rings (SSSR count). The van der Waals surface area contributed by atoms with Crippen molar-refractivity contribution in [3.63, 3.8) is 0 Å². The summed E-state index contributed by atoms with van der Waals surface area (Å²) < 4.78 is 5.43. The van der Waals surface area contributed by atoms with Crippen LogP contribution in [0.15, 0.2) is 16.6 Å². The fourth-order valence-electron chi connectivity index (χ4n) is 1.41. The topological polar surface area (TPSA) is 69.4 Å². The van der Waals surface area contributed by atoms with Crippen LogP contribution >= 0.6 is 15.9 Å². The number of halogens is 1. The highest BCUT2D eigenvalue weighted by atomic mass is 79.9. The number of hydrogen-bond acceptors (Lipinski definition) is 4. The van der Waals surface area contributed by atoms with Gasteiger partial charge in [-0.3, -0.25) is 14.9 Å². The molecule has 0 aliphatic rings. The van der Waals surface area contributed by atoms with Crippen LogP contribution < -0.4 is 0 Å². The molecule has 0 bridgehead atoms. The van der Waals surface area contributed by atoms with Crippen LogP contribution in [0.5, 0.6) is 0 Å². The molecule has 0 atom stereocenters. The highest BCUT2D eigenvalue weighted by Crippen LogP contribution is 2.27. The summed E-state index contributed by atoms with van der Waals surface area (Å²) in [6.07, 6.45) is -0.0850. The molecule has 0 N–H and O–H groups in total. The van der Waals surface area contributed by atoms with Crippen molar-refractivity contribution in [3.05, 3.63) is 37.8 Å². The van der Waals surface area contributed by atoms with Gasteiger partial charge in [0.2, 0.25) is 0 Å². The first-order valence-corrected chi connectivity index (χ1v) is 5.84. The first-order chi connectivity index (χ1) is 7.95. The van der Waals surface area contributed by atoms with E-state index < -0.39 is 10.9 Å². The molecule has 1 aromatic rings. The number of nitro benzene ring substituents is 1. The number of rotatable bonds is 4. The van der Waals surface area contributed by atoms with Crippen molar-refractivity contribution >= 4 is 27.6 Å². The van der Waals surface area contributed by atoms with Gasteiger partial charge in [-0.25, -0.2) is 0 Å². The number of aryl methyl sites for hydroxylation is 1. The van der Waals surface area contributed by atoms with Gasteiger partial charge in [0.1, 0.15) is 0 Å². The second-order valence-corrected chi connectivity index (χ2v) is 4.32. The minimum Gasteiger partial charge on any atom is -0.466 e. The van der Waals surface area contributed by atoms with Crippen molar-refractivity contribution in [1.82, 2.24) is 0 Å². The van der Waals surface area contributed by atoms with E-state index >= 15 is 0 Å². The Bertz CT molecular complexity index is 459. The number of carbonyl (C=O) groups is 1. The predicted octanol–water partition coefficient (Wildman–Crippen LogP) is 2.77. The molecule has 0 spiro atoms. The quantitative estimate of drug-likeness (QED) is 0.487. The smallest absolute Gasteiger partial charge is 0.310 e. The molecule has 92 valence electrons. The zero-order chi connectivity index (χ0) is 13.0. The van der Waals surface area contributed by atoms with Crippen LogP contribution in [0.2, 0.25) is 0 Å². The van der Waals surface area contributed by atoms with Gasteiger partial charge in [0.15, 0.2) is 0 Å². The Morgan fingerprint density at radius 3 is 2.71 bits per heavy atom.